The van der Waals surface area contributed by atoms with Crippen LogP contribution >= 0.6 is 0 Å². The molecule has 0 saturated carbocycles. The van der Waals surface area contributed by atoms with Crippen molar-refractivity contribution in [3.63, 3.8) is 0 Å². The molecule has 0 saturated heterocycles. The molecule has 3 aromatic rings. The van der Waals surface area contributed by atoms with Crippen LogP contribution in [0.25, 0.3) is 21.5 Å². The summed E-state index contributed by atoms with van der Waals surface area (Å²) in [7, 11) is 0. The molecule has 2 heterocycles. The van der Waals surface area contributed by atoms with Gasteiger partial charge in [0, 0.05) is 10.8 Å². The second-order valence-corrected chi connectivity index (χ2v) is 5.60. The predicted octanol–water partition coefficient (Wildman–Crippen LogP) is 2.61. The number of carbonyl (C=O) groups is 4. The SMILES string of the molecule is O=C1OC(=O)c2c1ccc1cc3cccc4c3c(c21)C(=O)OC4=O. The van der Waals surface area contributed by atoms with Crippen molar-refractivity contribution in [3.8, 4) is 0 Å². The topological polar surface area (TPSA) is 86.7 Å². The second-order valence-electron chi connectivity index (χ2n) is 5.60. The van der Waals surface area contributed by atoms with E-state index in [1.54, 1.807) is 30.3 Å². The Balaban J connectivity index is 2.11. The lowest BCUT2D eigenvalue weighted by molar-refractivity contribution is 0.0389. The lowest BCUT2D eigenvalue weighted by Gasteiger charge is -2.18. The van der Waals surface area contributed by atoms with Gasteiger partial charge in [-0.1, -0.05) is 18.2 Å². The minimum Gasteiger partial charge on any atom is -0.386 e. The molecule has 0 aliphatic carbocycles. The highest BCUT2D eigenvalue weighted by atomic mass is 16.6. The standard InChI is InChI=1S/C18H6O6/c19-15-9-3-1-2-7-6-8-4-5-10-13(17(21)23-16(10)20)12(8)14(11(7)9)18(22)24-15/h1-6H. The Kier molecular flexibility index (Phi) is 2.19. The van der Waals surface area contributed by atoms with Crippen molar-refractivity contribution < 1.29 is 28.7 Å². The van der Waals surface area contributed by atoms with Gasteiger partial charge in [0.05, 0.1) is 22.3 Å². The van der Waals surface area contributed by atoms with E-state index in [2.05, 4.69) is 4.74 Å². The number of hydrogen-bond donors (Lipinski definition) is 0. The van der Waals surface area contributed by atoms with E-state index in [-0.39, 0.29) is 27.6 Å². The van der Waals surface area contributed by atoms with Crippen LogP contribution in [0.1, 0.15) is 41.4 Å². The van der Waals surface area contributed by atoms with E-state index in [1.807, 2.05) is 0 Å². The first-order chi connectivity index (χ1) is 11.6. The molecule has 0 bridgehead atoms. The molecule has 0 unspecified atom stereocenters. The van der Waals surface area contributed by atoms with Gasteiger partial charge in [0.1, 0.15) is 0 Å². The number of hydrogen-bond acceptors (Lipinski definition) is 6. The van der Waals surface area contributed by atoms with Crippen LogP contribution in [0.15, 0.2) is 36.4 Å². The zero-order chi connectivity index (χ0) is 16.6. The van der Waals surface area contributed by atoms with Gasteiger partial charge in [0.25, 0.3) is 0 Å². The molecule has 2 aliphatic heterocycles. The molecule has 0 aromatic heterocycles. The Labute approximate surface area is 133 Å². The highest BCUT2D eigenvalue weighted by Crippen LogP contribution is 2.39. The van der Waals surface area contributed by atoms with Gasteiger partial charge in [-0.05, 0) is 29.0 Å². The van der Waals surface area contributed by atoms with Crippen LogP contribution in [-0.4, -0.2) is 23.9 Å². The number of rotatable bonds is 0. The third-order valence-electron chi connectivity index (χ3n) is 4.36. The summed E-state index contributed by atoms with van der Waals surface area (Å²) in [6.07, 6.45) is 0. The third-order valence-corrected chi connectivity index (χ3v) is 4.36. The number of benzene rings is 3. The normalized spacial score (nSPS) is 15.7. The monoisotopic (exact) mass is 318 g/mol. The van der Waals surface area contributed by atoms with E-state index >= 15 is 0 Å². The fourth-order valence-corrected chi connectivity index (χ4v) is 3.41. The maximum absolute atomic E-state index is 12.4. The highest BCUT2D eigenvalue weighted by Gasteiger charge is 2.36. The second kappa shape index (κ2) is 4.05. The maximum Gasteiger partial charge on any atom is 0.347 e. The molecule has 6 heteroatoms. The van der Waals surface area contributed by atoms with Gasteiger partial charge in [-0.2, -0.15) is 0 Å². The van der Waals surface area contributed by atoms with Crippen LogP contribution in [0.4, 0.5) is 0 Å². The smallest absolute Gasteiger partial charge is 0.347 e. The summed E-state index contributed by atoms with van der Waals surface area (Å²) in [6, 6.07) is 9.91. The summed E-state index contributed by atoms with van der Waals surface area (Å²) in [5, 5.41) is 1.97. The van der Waals surface area contributed by atoms with Gasteiger partial charge in [-0.25, -0.2) is 19.2 Å². The molecule has 3 aromatic carbocycles. The van der Waals surface area contributed by atoms with Crippen LogP contribution < -0.4 is 0 Å². The molecule has 5 rings (SSSR count). The molecule has 0 fully saturated rings. The quantitative estimate of drug-likeness (QED) is 0.360. The van der Waals surface area contributed by atoms with Crippen LogP contribution in [0, 0.1) is 0 Å². The van der Waals surface area contributed by atoms with Crippen molar-refractivity contribution in [3.05, 3.63) is 58.7 Å². The van der Waals surface area contributed by atoms with Gasteiger partial charge in [0.15, 0.2) is 0 Å². The number of fused-ring (bicyclic) bond motifs is 4. The van der Waals surface area contributed by atoms with Gasteiger partial charge < -0.3 is 9.47 Å². The van der Waals surface area contributed by atoms with Crippen molar-refractivity contribution in [2.45, 2.75) is 0 Å². The molecule has 0 spiro atoms. The van der Waals surface area contributed by atoms with E-state index in [4.69, 9.17) is 4.74 Å². The minimum atomic E-state index is -0.838. The van der Waals surface area contributed by atoms with Crippen molar-refractivity contribution in [1.29, 1.82) is 0 Å². The first kappa shape index (κ1) is 13.0. The Hall–Kier alpha value is -3.54. The van der Waals surface area contributed by atoms with Crippen molar-refractivity contribution in [1.82, 2.24) is 0 Å². The summed E-state index contributed by atoms with van der Waals surface area (Å²) < 4.78 is 9.48. The first-order valence-electron chi connectivity index (χ1n) is 7.12. The minimum absolute atomic E-state index is 0.0375. The molecule has 0 radical (unpaired) electrons. The highest BCUT2D eigenvalue weighted by molar-refractivity contribution is 6.31. The number of cyclic esters (lactones) is 4. The van der Waals surface area contributed by atoms with E-state index in [9.17, 15) is 19.2 Å². The molecule has 24 heavy (non-hydrogen) atoms. The fraction of sp³-hybridized carbons (Fsp3) is 0. The van der Waals surface area contributed by atoms with Crippen LogP contribution in [0.3, 0.4) is 0 Å². The lowest BCUT2D eigenvalue weighted by atomic mass is 9.88. The molecule has 114 valence electrons. The Morgan fingerprint density at radius 2 is 1.25 bits per heavy atom. The van der Waals surface area contributed by atoms with E-state index < -0.39 is 23.9 Å². The summed E-state index contributed by atoms with van der Waals surface area (Å²) in [5.41, 5.74) is 0.501. The molecule has 6 nitrogen and oxygen atoms in total. The summed E-state index contributed by atoms with van der Waals surface area (Å²) in [5.74, 6) is -3.13. The van der Waals surface area contributed by atoms with E-state index in [0.717, 1.165) is 0 Å². The van der Waals surface area contributed by atoms with E-state index in [1.165, 1.54) is 6.07 Å². The average Bonchev–Trinajstić information content (AvgIpc) is 2.85. The predicted molar refractivity (Wildman–Crippen MR) is 80.9 cm³/mol. The summed E-state index contributed by atoms with van der Waals surface area (Å²) in [4.78, 5) is 48.3. The maximum atomic E-state index is 12.4. The number of ether oxygens (including phenoxy) is 2. The molecule has 0 amide bonds. The van der Waals surface area contributed by atoms with Gasteiger partial charge >= 0.3 is 23.9 Å². The van der Waals surface area contributed by atoms with E-state index in [0.29, 0.717) is 16.2 Å². The third kappa shape index (κ3) is 1.40. The number of esters is 4. The number of carbonyl (C=O) groups excluding carboxylic acids is 4. The van der Waals surface area contributed by atoms with Gasteiger partial charge in [-0.3, -0.25) is 0 Å². The van der Waals surface area contributed by atoms with Crippen LogP contribution in [0.5, 0.6) is 0 Å². The van der Waals surface area contributed by atoms with Crippen LogP contribution in [0.2, 0.25) is 0 Å². The molecular weight excluding hydrogens is 312 g/mol. The van der Waals surface area contributed by atoms with Crippen molar-refractivity contribution in [2.75, 3.05) is 0 Å². The summed E-state index contributed by atoms with van der Waals surface area (Å²) in [6.45, 7) is 0. The van der Waals surface area contributed by atoms with Crippen molar-refractivity contribution >= 4 is 45.4 Å². The first-order valence-corrected chi connectivity index (χ1v) is 7.12. The van der Waals surface area contributed by atoms with Gasteiger partial charge in [-0.15, -0.1) is 0 Å². The Morgan fingerprint density at radius 3 is 2.04 bits per heavy atom. The summed E-state index contributed by atoms with van der Waals surface area (Å²) >= 11 is 0. The van der Waals surface area contributed by atoms with Crippen molar-refractivity contribution in [2.24, 2.45) is 0 Å². The molecular formula is C18H6O6. The lowest BCUT2D eigenvalue weighted by Crippen LogP contribution is -2.20. The Morgan fingerprint density at radius 1 is 0.583 bits per heavy atom. The largest absolute Gasteiger partial charge is 0.386 e. The Bertz CT molecular complexity index is 1170. The molecule has 0 atom stereocenters. The molecule has 0 N–H and O–H groups in total. The zero-order valence-electron chi connectivity index (χ0n) is 11.9. The zero-order valence-corrected chi connectivity index (χ0v) is 11.9. The van der Waals surface area contributed by atoms with Crippen LogP contribution in [-0.2, 0) is 9.47 Å². The average molecular weight is 318 g/mol. The molecule has 2 aliphatic rings. The fourth-order valence-electron chi connectivity index (χ4n) is 3.41. The van der Waals surface area contributed by atoms with Gasteiger partial charge in [0.2, 0.25) is 0 Å².